The number of fused-ring (bicyclic) bond motifs is 1. The molecule has 1 N–H and O–H groups in total. The standard InChI is InChI=1S/C36H69NO3Si2/c1-14-15-18-32(38)37-25-29-30-17-16-21-35(30,8)22-20-31(29)36(9)23-19-28(40-42(12,13)34(5,6)7)24-27(36)26-39-41(10,11)33(2,3)4/h16,21,27-31H,14-15,17-20,22-26H2,1-13H3,(H,37,38)/t27-,28+,29+,30+,31+,35-,36-/m1/s1. The van der Waals surface area contributed by atoms with Crippen LogP contribution >= 0.6 is 0 Å². The highest BCUT2D eigenvalue weighted by Gasteiger charge is 2.56. The molecular formula is C36H69NO3Si2. The van der Waals surface area contributed by atoms with Crippen LogP contribution in [0.3, 0.4) is 0 Å². The van der Waals surface area contributed by atoms with Gasteiger partial charge in [-0.25, -0.2) is 0 Å². The predicted molar refractivity (Wildman–Crippen MR) is 185 cm³/mol. The van der Waals surface area contributed by atoms with E-state index in [2.05, 4.69) is 106 Å². The molecule has 0 aromatic rings. The summed E-state index contributed by atoms with van der Waals surface area (Å²) in [5.74, 6) is 2.41. The molecule has 0 radical (unpaired) electrons. The Labute approximate surface area is 263 Å². The van der Waals surface area contributed by atoms with E-state index in [4.69, 9.17) is 8.85 Å². The lowest BCUT2D eigenvalue weighted by atomic mass is 9.49. The van der Waals surface area contributed by atoms with Gasteiger partial charge in [-0.1, -0.05) is 80.9 Å². The van der Waals surface area contributed by atoms with Crippen molar-refractivity contribution in [1.29, 1.82) is 0 Å². The highest BCUT2D eigenvalue weighted by atomic mass is 28.4. The van der Waals surface area contributed by atoms with Crippen LogP contribution in [0.2, 0.25) is 36.3 Å². The van der Waals surface area contributed by atoms with Gasteiger partial charge in [-0.05, 0) is 116 Å². The number of rotatable bonds is 11. The Balaban J connectivity index is 1.92. The van der Waals surface area contributed by atoms with Gasteiger partial charge in [-0.2, -0.15) is 0 Å². The average molecular weight is 620 g/mol. The topological polar surface area (TPSA) is 47.6 Å². The molecule has 2 saturated carbocycles. The Hall–Kier alpha value is -0.436. The maximum atomic E-state index is 12.9. The number of nitrogens with one attached hydrogen (secondary N) is 1. The van der Waals surface area contributed by atoms with Crippen LogP contribution in [0.25, 0.3) is 0 Å². The molecule has 0 bridgehead atoms. The molecule has 0 saturated heterocycles. The molecule has 7 atom stereocenters. The van der Waals surface area contributed by atoms with Crippen molar-refractivity contribution in [3.63, 3.8) is 0 Å². The molecule has 3 aliphatic rings. The summed E-state index contributed by atoms with van der Waals surface area (Å²) in [5.41, 5.74) is 0.444. The minimum atomic E-state index is -1.89. The molecular weight excluding hydrogens is 551 g/mol. The third-order valence-electron chi connectivity index (χ3n) is 13.1. The maximum absolute atomic E-state index is 12.9. The summed E-state index contributed by atoms with van der Waals surface area (Å²) in [7, 11) is -3.75. The van der Waals surface area contributed by atoms with Gasteiger partial charge < -0.3 is 14.2 Å². The number of hydrogen-bond donors (Lipinski definition) is 1. The molecule has 0 aliphatic heterocycles. The third kappa shape index (κ3) is 7.85. The molecule has 42 heavy (non-hydrogen) atoms. The maximum Gasteiger partial charge on any atom is 0.220 e. The number of unbranched alkanes of at least 4 members (excludes halogenated alkanes) is 1. The Kier molecular flexibility index (Phi) is 11.3. The van der Waals surface area contributed by atoms with E-state index in [1.54, 1.807) is 0 Å². The van der Waals surface area contributed by atoms with Crippen molar-refractivity contribution in [2.24, 2.45) is 34.5 Å². The first kappa shape index (κ1) is 36.0. The van der Waals surface area contributed by atoms with Crippen LogP contribution in [0, 0.1) is 34.5 Å². The van der Waals surface area contributed by atoms with Crippen LogP contribution in [0.5, 0.6) is 0 Å². The van der Waals surface area contributed by atoms with Gasteiger partial charge in [0.05, 0.1) is 0 Å². The molecule has 2 fully saturated rings. The molecule has 0 aromatic heterocycles. The van der Waals surface area contributed by atoms with Gasteiger partial charge >= 0.3 is 0 Å². The fraction of sp³-hybridized carbons (Fsp3) is 0.917. The molecule has 0 aromatic carbocycles. The van der Waals surface area contributed by atoms with Gasteiger partial charge in [-0.3, -0.25) is 4.79 Å². The molecule has 3 aliphatic carbocycles. The summed E-state index contributed by atoms with van der Waals surface area (Å²) < 4.78 is 14.2. The van der Waals surface area contributed by atoms with Crippen LogP contribution < -0.4 is 5.32 Å². The fourth-order valence-electron chi connectivity index (χ4n) is 7.88. The Morgan fingerprint density at radius 3 is 2.19 bits per heavy atom. The normalized spacial score (nSPS) is 34.4. The zero-order valence-corrected chi connectivity index (χ0v) is 32.0. The summed E-state index contributed by atoms with van der Waals surface area (Å²) in [6.07, 6.45) is 15.0. The molecule has 0 spiro atoms. The number of allylic oxidation sites excluding steroid dienone is 2. The van der Waals surface area contributed by atoms with E-state index in [1.807, 2.05) is 0 Å². The quantitative estimate of drug-likeness (QED) is 0.185. The average Bonchev–Trinajstić information content (AvgIpc) is 3.26. The van der Waals surface area contributed by atoms with Crippen molar-refractivity contribution >= 4 is 22.5 Å². The second-order valence-electron chi connectivity index (χ2n) is 18.0. The van der Waals surface area contributed by atoms with Gasteiger partial charge in [0.25, 0.3) is 0 Å². The molecule has 0 heterocycles. The van der Waals surface area contributed by atoms with E-state index in [9.17, 15) is 4.79 Å². The van der Waals surface area contributed by atoms with Crippen molar-refractivity contribution in [1.82, 2.24) is 5.32 Å². The van der Waals surface area contributed by atoms with Crippen molar-refractivity contribution in [3.05, 3.63) is 12.2 Å². The number of carbonyl (C=O) groups excluding carboxylic acids is 1. The van der Waals surface area contributed by atoms with Crippen LogP contribution in [0.4, 0.5) is 0 Å². The van der Waals surface area contributed by atoms with Gasteiger partial charge in [-0.15, -0.1) is 0 Å². The lowest BCUT2D eigenvalue weighted by molar-refractivity contribution is -0.123. The first-order valence-electron chi connectivity index (χ1n) is 17.4. The highest BCUT2D eigenvalue weighted by molar-refractivity contribution is 6.74. The first-order valence-corrected chi connectivity index (χ1v) is 23.2. The third-order valence-corrected chi connectivity index (χ3v) is 22.1. The van der Waals surface area contributed by atoms with E-state index in [0.29, 0.717) is 36.2 Å². The Morgan fingerprint density at radius 1 is 0.952 bits per heavy atom. The summed E-state index contributed by atoms with van der Waals surface area (Å²) >= 11 is 0. The van der Waals surface area contributed by atoms with Gasteiger partial charge in [0.15, 0.2) is 16.6 Å². The second kappa shape index (κ2) is 13.1. The highest BCUT2D eigenvalue weighted by Crippen LogP contribution is 2.61. The molecule has 244 valence electrons. The fourth-order valence-corrected chi connectivity index (χ4v) is 10.3. The van der Waals surface area contributed by atoms with E-state index in [0.717, 1.165) is 45.3 Å². The van der Waals surface area contributed by atoms with Crippen molar-refractivity contribution in [2.75, 3.05) is 13.2 Å². The van der Waals surface area contributed by atoms with Gasteiger partial charge in [0, 0.05) is 25.7 Å². The number of amides is 1. The lowest BCUT2D eigenvalue weighted by Gasteiger charge is -2.57. The molecule has 6 heteroatoms. The summed E-state index contributed by atoms with van der Waals surface area (Å²) in [5, 5.41) is 3.85. The van der Waals surface area contributed by atoms with Crippen LogP contribution in [-0.4, -0.2) is 41.8 Å². The zero-order valence-electron chi connectivity index (χ0n) is 30.0. The van der Waals surface area contributed by atoms with Crippen molar-refractivity contribution < 1.29 is 13.6 Å². The molecule has 0 unspecified atom stereocenters. The Morgan fingerprint density at radius 2 is 1.60 bits per heavy atom. The smallest absolute Gasteiger partial charge is 0.220 e. The van der Waals surface area contributed by atoms with E-state index >= 15 is 0 Å². The number of carbonyl (C=O) groups is 1. The second-order valence-corrected chi connectivity index (χ2v) is 27.6. The van der Waals surface area contributed by atoms with Crippen LogP contribution in [0.15, 0.2) is 12.2 Å². The summed E-state index contributed by atoms with van der Waals surface area (Å²) in [4.78, 5) is 12.9. The molecule has 1 amide bonds. The van der Waals surface area contributed by atoms with Gasteiger partial charge in [0.1, 0.15) is 0 Å². The minimum Gasteiger partial charge on any atom is -0.417 e. The zero-order chi connectivity index (χ0) is 31.8. The molecule has 3 rings (SSSR count). The first-order chi connectivity index (χ1) is 19.2. The molecule has 4 nitrogen and oxygen atoms in total. The Bertz CT molecular complexity index is 948. The summed E-state index contributed by atoms with van der Waals surface area (Å²) in [6.45, 7) is 32.7. The minimum absolute atomic E-state index is 0.179. The van der Waals surface area contributed by atoms with Crippen molar-refractivity contribution in [3.8, 4) is 0 Å². The predicted octanol–water partition coefficient (Wildman–Crippen LogP) is 10.1. The van der Waals surface area contributed by atoms with E-state index < -0.39 is 16.6 Å². The van der Waals surface area contributed by atoms with Gasteiger partial charge in [0.2, 0.25) is 5.91 Å². The van der Waals surface area contributed by atoms with E-state index in [-0.39, 0.29) is 26.8 Å². The largest absolute Gasteiger partial charge is 0.417 e. The van der Waals surface area contributed by atoms with Crippen LogP contribution in [-0.2, 0) is 13.6 Å². The van der Waals surface area contributed by atoms with Crippen LogP contribution in [0.1, 0.15) is 120 Å². The monoisotopic (exact) mass is 619 g/mol. The van der Waals surface area contributed by atoms with E-state index in [1.165, 1.54) is 19.3 Å². The number of hydrogen-bond acceptors (Lipinski definition) is 3. The SMILES string of the molecule is CCCCC(=O)NC[C@@H]1[C@@H]([C@]2(C)CC[C@H](O[Si](C)(C)C(C)(C)C)C[C@@H]2CO[Si](C)(C)C(C)(C)C)CC[C@@]2(C)C=CC[C@@H]12. The summed E-state index contributed by atoms with van der Waals surface area (Å²) in [6, 6.07) is 0. The lowest BCUT2D eigenvalue weighted by Crippen LogP contribution is -2.55. The van der Waals surface area contributed by atoms with Crippen molar-refractivity contribution in [2.45, 2.75) is 162 Å².